The zero-order chi connectivity index (χ0) is 14.7. The van der Waals surface area contributed by atoms with Crippen LogP contribution in [0.25, 0.3) is 0 Å². The van der Waals surface area contributed by atoms with Gasteiger partial charge in [0.15, 0.2) is 6.19 Å². The van der Waals surface area contributed by atoms with Gasteiger partial charge in [0, 0.05) is 13.1 Å². The van der Waals surface area contributed by atoms with E-state index in [1.54, 1.807) is 5.01 Å². The minimum Gasteiger partial charge on any atom is -0.373 e. The Balaban J connectivity index is 1.93. The third-order valence-electron chi connectivity index (χ3n) is 3.57. The molecule has 0 amide bonds. The number of rotatable bonds is 5. The fourth-order valence-electron chi connectivity index (χ4n) is 2.47. The maximum Gasteiger partial charge on any atom is 0.195 e. The average molecular weight is 273 g/mol. The van der Waals surface area contributed by atoms with Crippen LogP contribution in [0.5, 0.6) is 0 Å². The second kappa shape index (κ2) is 6.25. The van der Waals surface area contributed by atoms with Gasteiger partial charge >= 0.3 is 0 Å². The molecular formula is C16H23N3O. The zero-order valence-electron chi connectivity index (χ0n) is 12.8. The van der Waals surface area contributed by atoms with E-state index in [9.17, 15) is 5.26 Å². The van der Waals surface area contributed by atoms with Crippen LogP contribution < -0.4 is 0 Å². The number of hydrogen-bond donors (Lipinski definition) is 0. The molecule has 0 atom stereocenters. The molecule has 1 aromatic carbocycles. The first-order valence-corrected chi connectivity index (χ1v) is 7.13. The number of benzene rings is 1. The molecule has 1 aromatic rings. The van der Waals surface area contributed by atoms with E-state index in [-0.39, 0.29) is 12.2 Å². The number of nitriles is 1. The number of ether oxygens (including phenoxy) is 1. The second-order valence-electron chi connectivity index (χ2n) is 5.77. The molecule has 4 nitrogen and oxygen atoms in total. The fourth-order valence-corrected chi connectivity index (χ4v) is 2.47. The first kappa shape index (κ1) is 14.8. The predicted octanol–water partition coefficient (Wildman–Crippen LogP) is 2.61. The van der Waals surface area contributed by atoms with Crippen molar-refractivity contribution in [2.24, 2.45) is 0 Å². The highest BCUT2D eigenvalue weighted by Gasteiger charge is 2.32. The molecule has 1 aliphatic rings. The molecule has 1 aliphatic heterocycles. The lowest BCUT2D eigenvalue weighted by atomic mass is 10.1. The zero-order valence-corrected chi connectivity index (χ0v) is 12.8. The van der Waals surface area contributed by atoms with E-state index in [2.05, 4.69) is 38.2 Å². The molecule has 4 heteroatoms. The Morgan fingerprint density at radius 1 is 1.40 bits per heavy atom. The van der Waals surface area contributed by atoms with Gasteiger partial charge in [-0.3, -0.25) is 0 Å². The first-order valence-electron chi connectivity index (χ1n) is 7.13. The van der Waals surface area contributed by atoms with Gasteiger partial charge in [-0.2, -0.15) is 5.26 Å². The monoisotopic (exact) mass is 273 g/mol. The number of aryl methyl sites for hydroxylation is 2. The van der Waals surface area contributed by atoms with Crippen molar-refractivity contribution in [1.29, 1.82) is 5.26 Å². The number of nitrogens with zero attached hydrogens (tertiary/aromatic N) is 3. The SMILES string of the molecule is Cc1ccc(CN(C#N)N2CC(OC(C)C)C2)c(C)c1. The lowest BCUT2D eigenvalue weighted by Gasteiger charge is -2.43. The van der Waals surface area contributed by atoms with Gasteiger partial charge in [-0.15, -0.1) is 0 Å². The summed E-state index contributed by atoms with van der Waals surface area (Å²) in [7, 11) is 0. The molecule has 0 spiro atoms. The molecule has 0 aromatic heterocycles. The van der Waals surface area contributed by atoms with Crippen molar-refractivity contribution >= 4 is 0 Å². The van der Waals surface area contributed by atoms with Gasteiger partial charge in [0.05, 0.1) is 18.8 Å². The molecule has 2 rings (SSSR count). The van der Waals surface area contributed by atoms with Gasteiger partial charge in [-0.05, 0) is 38.8 Å². The fraction of sp³-hybridized carbons (Fsp3) is 0.562. The average Bonchev–Trinajstić information content (AvgIpc) is 2.33. The number of hydrazine groups is 1. The molecule has 1 heterocycles. The van der Waals surface area contributed by atoms with Crippen molar-refractivity contribution in [3.05, 3.63) is 34.9 Å². The van der Waals surface area contributed by atoms with Crippen molar-refractivity contribution in [3.8, 4) is 6.19 Å². The number of hydrogen-bond acceptors (Lipinski definition) is 4. The van der Waals surface area contributed by atoms with E-state index in [1.807, 2.05) is 18.9 Å². The van der Waals surface area contributed by atoms with Crippen LogP contribution >= 0.6 is 0 Å². The van der Waals surface area contributed by atoms with Crippen LogP contribution in [-0.4, -0.2) is 35.3 Å². The summed E-state index contributed by atoms with van der Waals surface area (Å²) in [6, 6.07) is 6.36. The summed E-state index contributed by atoms with van der Waals surface area (Å²) in [5.41, 5.74) is 3.69. The van der Waals surface area contributed by atoms with Gasteiger partial charge in [0.2, 0.25) is 0 Å². The Morgan fingerprint density at radius 3 is 2.65 bits per heavy atom. The van der Waals surface area contributed by atoms with Crippen molar-refractivity contribution in [3.63, 3.8) is 0 Å². The summed E-state index contributed by atoms with van der Waals surface area (Å²) in [4.78, 5) is 0. The van der Waals surface area contributed by atoms with Gasteiger partial charge in [-0.25, -0.2) is 10.0 Å². The maximum absolute atomic E-state index is 9.33. The second-order valence-corrected chi connectivity index (χ2v) is 5.77. The van der Waals surface area contributed by atoms with E-state index < -0.39 is 0 Å². The minimum absolute atomic E-state index is 0.247. The Hall–Kier alpha value is -1.57. The van der Waals surface area contributed by atoms with Crippen LogP contribution in [0.1, 0.15) is 30.5 Å². The highest BCUT2D eigenvalue weighted by atomic mass is 16.5. The van der Waals surface area contributed by atoms with Gasteiger partial charge < -0.3 is 4.74 Å². The van der Waals surface area contributed by atoms with Gasteiger partial charge in [0.1, 0.15) is 0 Å². The van der Waals surface area contributed by atoms with Crippen molar-refractivity contribution in [2.45, 2.75) is 46.4 Å². The predicted molar refractivity (Wildman–Crippen MR) is 78.7 cm³/mol. The molecular weight excluding hydrogens is 250 g/mol. The van der Waals surface area contributed by atoms with Crippen molar-refractivity contribution in [1.82, 2.24) is 10.0 Å². The Bertz CT molecular complexity index is 501. The topological polar surface area (TPSA) is 39.5 Å². The Morgan fingerprint density at radius 2 is 2.10 bits per heavy atom. The van der Waals surface area contributed by atoms with E-state index in [1.165, 1.54) is 16.7 Å². The molecule has 0 unspecified atom stereocenters. The lowest BCUT2D eigenvalue weighted by Crippen LogP contribution is -2.58. The highest BCUT2D eigenvalue weighted by molar-refractivity contribution is 5.30. The smallest absolute Gasteiger partial charge is 0.195 e. The molecule has 0 aliphatic carbocycles. The van der Waals surface area contributed by atoms with Gasteiger partial charge in [-0.1, -0.05) is 23.8 Å². The van der Waals surface area contributed by atoms with E-state index in [4.69, 9.17) is 4.74 Å². The third-order valence-corrected chi connectivity index (χ3v) is 3.57. The normalized spacial score (nSPS) is 16.0. The summed E-state index contributed by atoms with van der Waals surface area (Å²) in [6.07, 6.45) is 2.77. The Kier molecular flexibility index (Phi) is 4.64. The van der Waals surface area contributed by atoms with Crippen LogP contribution in [0.4, 0.5) is 0 Å². The largest absolute Gasteiger partial charge is 0.373 e. The van der Waals surface area contributed by atoms with E-state index in [0.29, 0.717) is 6.54 Å². The van der Waals surface area contributed by atoms with E-state index in [0.717, 1.165) is 13.1 Å². The highest BCUT2D eigenvalue weighted by Crippen LogP contribution is 2.19. The maximum atomic E-state index is 9.33. The van der Waals surface area contributed by atoms with Crippen LogP contribution in [0.3, 0.4) is 0 Å². The third kappa shape index (κ3) is 3.50. The molecule has 0 bridgehead atoms. The van der Waals surface area contributed by atoms with Crippen LogP contribution in [-0.2, 0) is 11.3 Å². The first-order chi connectivity index (χ1) is 9.49. The molecule has 108 valence electrons. The van der Waals surface area contributed by atoms with E-state index >= 15 is 0 Å². The van der Waals surface area contributed by atoms with Crippen LogP contribution in [0.2, 0.25) is 0 Å². The molecule has 0 radical (unpaired) electrons. The van der Waals surface area contributed by atoms with Crippen molar-refractivity contribution < 1.29 is 4.74 Å². The standard InChI is InChI=1S/C16H23N3O/c1-12(2)20-16-9-18(10-16)19(11-17)8-15-6-5-13(3)7-14(15)4/h5-7,12,16H,8-10H2,1-4H3. The molecule has 0 saturated carbocycles. The van der Waals surface area contributed by atoms with Crippen LogP contribution in [0.15, 0.2) is 18.2 Å². The summed E-state index contributed by atoms with van der Waals surface area (Å²) >= 11 is 0. The summed E-state index contributed by atoms with van der Waals surface area (Å²) in [5, 5.41) is 13.1. The summed E-state index contributed by atoms with van der Waals surface area (Å²) in [6.45, 7) is 10.5. The minimum atomic E-state index is 0.247. The molecule has 1 saturated heterocycles. The molecule has 0 N–H and O–H groups in total. The lowest BCUT2D eigenvalue weighted by molar-refractivity contribution is -0.150. The van der Waals surface area contributed by atoms with Gasteiger partial charge in [0.25, 0.3) is 0 Å². The molecule has 20 heavy (non-hydrogen) atoms. The summed E-state index contributed by atoms with van der Waals surface area (Å²) < 4.78 is 5.72. The van der Waals surface area contributed by atoms with Crippen LogP contribution in [0, 0.1) is 25.3 Å². The summed E-state index contributed by atoms with van der Waals surface area (Å²) in [5.74, 6) is 0. The van der Waals surface area contributed by atoms with Crippen molar-refractivity contribution in [2.75, 3.05) is 13.1 Å². The molecule has 1 fully saturated rings. The Labute approximate surface area is 121 Å². The quantitative estimate of drug-likeness (QED) is 0.610.